The molecule has 0 spiro atoms. The van der Waals surface area contributed by atoms with Crippen LogP contribution in [-0.2, 0) is 4.79 Å². The highest BCUT2D eigenvalue weighted by atomic mass is 32.2. The Kier molecular flexibility index (Phi) is 4.89. The lowest BCUT2D eigenvalue weighted by Gasteiger charge is -2.31. The van der Waals surface area contributed by atoms with Crippen LogP contribution >= 0.6 is 11.8 Å². The van der Waals surface area contributed by atoms with Crippen LogP contribution in [0.4, 0.5) is 0 Å². The molecule has 1 aliphatic rings. The molecule has 3 N–H and O–H groups in total. The summed E-state index contributed by atoms with van der Waals surface area (Å²) in [6.07, 6.45) is 0.731. The van der Waals surface area contributed by atoms with Crippen molar-refractivity contribution >= 4 is 17.7 Å². The number of aliphatic hydroxyl groups excluding tert-OH is 1. The van der Waals surface area contributed by atoms with Crippen molar-refractivity contribution in [1.82, 2.24) is 10.6 Å². The van der Waals surface area contributed by atoms with Gasteiger partial charge >= 0.3 is 0 Å². The van der Waals surface area contributed by atoms with E-state index in [1.165, 1.54) is 0 Å². The SMILES string of the molecule is CCC(C)(CO)NC(=O)C1CSCCN1. The Bertz CT molecular complexity index is 213. The molecule has 0 aromatic rings. The van der Waals surface area contributed by atoms with Gasteiger partial charge in [-0.25, -0.2) is 0 Å². The topological polar surface area (TPSA) is 61.4 Å². The summed E-state index contributed by atoms with van der Waals surface area (Å²) in [5.74, 6) is 1.88. The number of hydrogen-bond acceptors (Lipinski definition) is 4. The van der Waals surface area contributed by atoms with E-state index >= 15 is 0 Å². The molecule has 0 radical (unpaired) electrons. The van der Waals surface area contributed by atoms with E-state index in [2.05, 4.69) is 10.6 Å². The molecule has 4 nitrogen and oxygen atoms in total. The fourth-order valence-electron chi connectivity index (χ4n) is 1.36. The van der Waals surface area contributed by atoms with E-state index in [1.54, 1.807) is 11.8 Å². The largest absolute Gasteiger partial charge is 0.394 e. The fourth-order valence-corrected chi connectivity index (χ4v) is 2.29. The third kappa shape index (κ3) is 3.66. The number of aliphatic hydroxyl groups is 1. The van der Waals surface area contributed by atoms with Crippen LogP contribution < -0.4 is 10.6 Å². The van der Waals surface area contributed by atoms with E-state index in [0.717, 1.165) is 24.5 Å². The number of carbonyl (C=O) groups excluding carboxylic acids is 1. The van der Waals surface area contributed by atoms with Gasteiger partial charge in [-0.15, -0.1) is 0 Å². The van der Waals surface area contributed by atoms with E-state index < -0.39 is 5.54 Å². The van der Waals surface area contributed by atoms with Gasteiger partial charge in [0.25, 0.3) is 0 Å². The molecule has 0 aromatic heterocycles. The molecule has 1 saturated heterocycles. The molecule has 0 aliphatic carbocycles. The number of thioether (sulfide) groups is 1. The van der Waals surface area contributed by atoms with Crippen LogP contribution in [0.5, 0.6) is 0 Å². The second-order valence-electron chi connectivity index (χ2n) is 4.14. The quantitative estimate of drug-likeness (QED) is 0.637. The van der Waals surface area contributed by atoms with Crippen molar-refractivity contribution in [2.45, 2.75) is 31.8 Å². The maximum absolute atomic E-state index is 11.8. The summed E-state index contributed by atoms with van der Waals surface area (Å²) in [5, 5.41) is 15.3. The van der Waals surface area contributed by atoms with Gasteiger partial charge in [0.05, 0.1) is 18.2 Å². The summed E-state index contributed by atoms with van der Waals surface area (Å²) in [7, 11) is 0. The summed E-state index contributed by atoms with van der Waals surface area (Å²) in [5.41, 5.74) is -0.485. The van der Waals surface area contributed by atoms with Crippen LogP contribution in [0, 0.1) is 0 Å². The standard InChI is InChI=1S/C10H20N2O2S/c1-3-10(2,7-13)12-9(14)8-6-15-5-4-11-8/h8,11,13H,3-7H2,1-2H3,(H,12,14). The molecular weight excluding hydrogens is 212 g/mol. The third-order valence-electron chi connectivity index (χ3n) is 2.79. The van der Waals surface area contributed by atoms with E-state index in [4.69, 9.17) is 0 Å². The number of rotatable bonds is 4. The minimum Gasteiger partial charge on any atom is -0.394 e. The number of amides is 1. The molecule has 88 valence electrons. The highest BCUT2D eigenvalue weighted by molar-refractivity contribution is 7.99. The molecule has 1 aliphatic heterocycles. The minimum absolute atomic E-state index is 0.000556. The molecule has 0 saturated carbocycles. The Morgan fingerprint density at radius 2 is 2.47 bits per heavy atom. The van der Waals surface area contributed by atoms with Gasteiger partial charge in [0.2, 0.25) is 5.91 Å². The van der Waals surface area contributed by atoms with Gasteiger partial charge in [-0.3, -0.25) is 4.79 Å². The highest BCUT2D eigenvalue weighted by Gasteiger charge is 2.28. The lowest BCUT2D eigenvalue weighted by molar-refractivity contribution is -0.125. The van der Waals surface area contributed by atoms with Crippen LogP contribution in [0.1, 0.15) is 20.3 Å². The van der Waals surface area contributed by atoms with Crippen molar-refractivity contribution in [3.05, 3.63) is 0 Å². The van der Waals surface area contributed by atoms with Crippen molar-refractivity contribution in [2.75, 3.05) is 24.7 Å². The maximum atomic E-state index is 11.8. The second kappa shape index (κ2) is 5.72. The maximum Gasteiger partial charge on any atom is 0.238 e. The van der Waals surface area contributed by atoms with Gasteiger partial charge in [0, 0.05) is 18.1 Å². The smallest absolute Gasteiger partial charge is 0.238 e. The van der Waals surface area contributed by atoms with Crippen molar-refractivity contribution < 1.29 is 9.90 Å². The predicted molar refractivity (Wildman–Crippen MR) is 63.0 cm³/mol. The Morgan fingerprint density at radius 1 is 1.73 bits per heavy atom. The van der Waals surface area contributed by atoms with E-state index in [9.17, 15) is 9.90 Å². The Hall–Kier alpha value is -0.260. The van der Waals surface area contributed by atoms with E-state index in [0.29, 0.717) is 0 Å². The molecule has 0 bridgehead atoms. The normalized spacial score (nSPS) is 25.7. The van der Waals surface area contributed by atoms with Crippen molar-refractivity contribution in [3.8, 4) is 0 Å². The summed E-state index contributed by atoms with van der Waals surface area (Å²) >= 11 is 1.79. The van der Waals surface area contributed by atoms with E-state index in [-0.39, 0.29) is 18.6 Å². The number of nitrogens with one attached hydrogen (secondary N) is 2. The molecule has 1 rings (SSSR count). The number of carbonyl (C=O) groups is 1. The van der Waals surface area contributed by atoms with E-state index in [1.807, 2.05) is 13.8 Å². The lowest BCUT2D eigenvalue weighted by atomic mass is 10.00. The molecule has 2 atom stereocenters. The zero-order valence-electron chi connectivity index (χ0n) is 9.38. The zero-order chi connectivity index (χ0) is 11.3. The average molecular weight is 232 g/mol. The second-order valence-corrected chi connectivity index (χ2v) is 5.29. The van der Waals surface area contributed by atoms with Crippen LogP contribution in [0.3, 0.4) is 0 Å². The predicted octanol–water partition coefficient (Wildman–Crippen LogP) is -0.0314. The minimum atomic E-state index is -0.485. The van der Waals surface area contributed by atoms with Crippen LogP contribution in [-0.4, -0.2) is 47.3 Å². The first-order valence-electron chi connectivity index (χ1n) is 5.35. The average Bonchev–Trinajstić information content (AvgIpc) is 2.30. The summed E-state index contributed by atoms with van der Waals surface area (Å²) in [6, 6.07) is -0.110. The molecule has 15 heavy (non-hydrogen) atoms. The molecular formula is C10H20N2O2S. The van der Waals surface area contributed by atoms with Gasteiger partial charge in [-0.2, -0.15) is 11.8 Å². The van der Waals surface area contributed by atoms with Gasteiger partial charge in [-0.05, 0) is 13.3 Å². The summed E-state index contributed by atoms with van der Waals surface area (Å²) in [4.78, 5) is 11.8. The van der Waals surface area contributed by atoms with Crippen molar-refractivity contribution in [2.24, 2.45) is 0 Å². The van der Waals surface area contributed by atoms with Gasteiger partial charge in [0.1, 0.15) is 0 Å². The van der Waals surface area contributed by atoms with Crippen LogP contribution in [0.25, 0.3) is 0 Å². The molecule has 1 amide bonds. The Balaban J connectivity index is 2.46. The van der Waals surface area contributed by atoms with Crippen molar-refractivity contribution in [1.29, 1.82) is 0 Å². The van der Waals surface area contributed by atoms with Crippen LogP contribution in [0.15, 0.2) is 0 Å². The molecule has 2 unspecified atom stereocenters. The summed E-state index contributed by atoms with van der Waals surface area (Å²) < 4.78 is 0. The molecule has 1 fully saturated rings. The first kappa shape index (κ1) is 12.8. The summed E-state index contributed by atoms with van der Waals surface area (Å²) in [6.45, 7) is 4.68. The number of hydrogen-bond donors (Lipinski definition) is 3. The molecule has 0 aromatic carbocycles. The van der Waals surface area contributed by atoms with Gasteiger partial charge in [0.15, 0.2) is 0 Å². The highest BCUT2D eigenvalue weighted by Crippen LogP contribution is 2.11. The Morgan fingerprint density at radius 3 is 2.93 bits per heavy atom. The molecule has 5 heteroatoms. The third-order valence-corrected chi connectivity index (χ3v) is 3.85. The van der Waals surface area contributed by atoms with Crippen LogP contribution in [0.2, 0.25) is 0 Å². The lowest BCUT2D eigenvalue weighted by Crippen LogP contribution is -2.56. The Labute approximate surface area is 95.2 Å². The first-order valence-corrected chi connectivity index (χ1v) is 6.51. The monoisotopic (exact) mass is 232 g/mol. The van der Waals surface area contributed by atoms with Gasteiger partial charge in [-0.1, -0.05) is 6.92 Å². The molecule has 1 heterocycles. The fraction of sp³-hybridized carbons (Fsp3) is 0.900. The van der Waals surface area contributed by atoms with Crippen molar-refractivity contribution in [3.63, 3.8) is 0 Å². The zero-order valence-corrected chi connectivity index (χ0v) is 10.2. The first-order chi connectivity index (χ1) is 7.11. The van der Waals surface area contributed by atoms with Gasteiger partial charge < -0.3 is 15.7 Å².